The zero-order valence-electron chi connectivity index (χ0n) is 14.2. The fraction of sp³-hybridized carbons (Fsp3) is 0.579. The topological polar surface area (TPSA) is 56.6 Å². The number of carbonyl (C=O) groups is 1. The number of hydrogen-bond acceptors (Lipinski definition) is 4. The Hall–Kier alpha value is -1.90. The van der Waals surface area contributed by atoms with E-state index in [0.717, 1.165) is 45.0 Å². The van der Waals surface area contributed by atoms with Gasteiger partial charge in [-0.25, -0.2) is 0 Å². The Bertz CT molecular complexity index is 592. The fourth-order valence-corrected chi connectivity index (χ4v) is 3.86. The highest BCUT2D eigenvalue weighted by atomic mass is 16.5. The van der Waals surface area contributed by atoms with Gasteiger partial charge in [-0.15, -0.1) is 0 Å². The molecule has 0 radical (unpaired) electrons. The molecule has 2 aliphatic heterocycles. The smallest absolute Gasteiger partial charge is 0.231 e. The van der Waals surface area contributed by atoms with Crippen molar-refractivity contribution in [1.82, 2.24) is 9.80 Å². The predicted molar refractivity (Wildman–Crippen MR) is 91.3 cm³/mol. The number of ether oxygens (including phenoxy) is 1. The quantitative estimate of drug-likeness (QED) is 0.847. The summed E-state index contributed by atoms with van der Waals surface area (Å²) in [4.78, 5) is 17.4. The number of benzene rings is 1. The van der Waals surface area contributed by atoms with Crippen LogP contribution in [0.2, 0.25) is 0 Å². The highest BCUT2D eigenvalue weighted by Crippen LogP contribution is 2.28. The fourth-order valence-electron chi connectivity index (χ4n) is 3.86. The lowest BCUT2D eigenvalue weighted by Gasteiger charge is -2.34. The van der Waals surface area contributed by atoms with Crippen molar-refractivity contribution < 1.29 is 9.53 Å². The van der Waals surface area contributed by atoms with Crippen LogP contribution < -0.4 is 0 Å². The van der Waals surface area contributed by atoms with Gasteiger partial charge in [0.05, 0.1) is 31.6 Å². The number of nitriles is 1. The maximum Gasteiger partial charge on any atom is 0.231 e. The molecule has 2 saturated heterocycles. The molecule has 24 heavy (non-hydrogen) atoms. The highest BCUT2D eigenvalue weighted by Gasteiger charge is 2.38. The maximum atomic E-state index is 13.0. The van der Waals surface area contributed by atoms with Gasteiger partial charge >= 0.3 is 0 Å². The van der Waals surface area contributed by atoms with Crippen LogP contribution in [0.3, 0.4) is 0 Å². The van der Waals surface area contributed by atoms with Gasteiger partial charge in [0.1, 0.15) is 0 Å². The molecule has 3 atom stereocenters. The summed E-state index contributed by atoms with van der Waals surface area (Å²) in [5, 5.41) is 9.15. The molecular weight excluding hydrogens is 302 g/mol. The first-order valence-corrected chi connectivity index (χ1v) is 8.73. The van der Waals surface area contributed by atoms with E-state index >= 15 is 0 Å². The number of morpholine rings is 1. The summed E-state index contributed by atoms with van der Waals surface area (Å²) in [6.07, 6.45) is 0.232. The molecule has 2 aliphatic rings. The molecule has 128 valence electrons. The van der Waals surface area contributed by atoms with E-state index in [2.05, 4.69) is 17.9 Å². The van der Waals surface area contributed by atoms with Crippen molar-refractivity contribution in [2.75, 3.05) is 39.4 Å². The molecule has 0 spiro atoms. The SMILES string of the molecule is C[C@@H]1CN(C(=O)[C@@H](CC#N)c2ccccc2)C[C@H]1N1CCOCC1. The molecule has 1 aromatic rings. The number of amides is 1. The number of nitrogens with zero attached hydrogens (tertiary/aromatic N) is 3. The molecule has 5 nitrogen and oxygen atoms in total. The number of hydrogen-bond donors (Lipinski definition) is 0. The lowest BCUT2D eigenvalue weighted by Crippen LogP contribution is -2.47. The van der Waals surface area contributed by atoms with E-state index < -0.39 is 0 Å². The Labute approximate surface area is 143 Å². The van der Waals surface area contributed by atoms with Crippen LogP contribution in [-0.4, -0.2) is 61.1 Å². The molecule has 0 bridgehead atoms. The van der Waals surface area contributed by atoms with Crippen molar-refractivity contribution in [2.45, 2.75) is 25.3 Å². The van der Waals surface area contributed by atoms with E-state index in [4.69, 9.17) is 10.00 Å². The molecule has 2 fully saturated rings. The number of carbonyl (C=O) groups excluding carboxylic acids is 1. The largest absolute Gasteiger partial charge is 0.379 e. The predicted octanol–water partition coefficient (Wildman–Crippen LogP) is 1.86. The molecule has 1 amide bonds. The summed E-state index contributed by atoms with van der Waals surface area (Å²) in [6.45, 7) is 7.19. The molecule has 0 aliphatic carbocycles. The van der Waals surface area contributed by atoms with E-state index in [1.807, 2.05) is 35.2 Å². The summed E-state index contributed by atoms with van der Waals surface area (Å²) in [5.74, 6) is 0.183. The Balaban J connectivity index is 1.71. The molecule has 5 heteroatoms. The second-order valence-corrected chi connectivity index (χ2v) is 6.76. The zero-order chi connectivity index (χ0) is 16.9. The second kappa shape index (κ2) is 7.78. The first kappa shape index (κ1) is 16.9. The molecule has 2 heterocycles. The van der Waals surface area contributed by atoms with E-state index in [9.17, 15) is 4.79 Å². The molecule has 0 N–H and O–H groups in total. The van der Waals surface area contributed by atoms with Crippen molar-refractivity contribution >= 4 is 5.91 Å². The Kier molecular flexibility index (Phi) is 5.49. The maximum absolute atomic E-state index is 13.0. The third-order valence-corrected chi connectivity index (χ3v) is 5.19. The monoisotopic (exact) mass is 327 g/mol. The Morgan fingerprint density at radius 1 is 1.29 bits per heavy atom. The summed E-state index contributed by atoms with van der Waals surface area (Å²) in [6, 6.07) is 12.3. The first-order valence-electron chi connectivity index (χ1n) is 8.73. The van der Waals surface area contributed by atoms with Crippen LogP contribution in [0.15, 0.2) is 30.3 Å². The summed E-state index contributed by atoms with van der Waals surface area (Å²) in [5.41, 5.74) is 0.937. The zero-order valence-corrected chi connectivity index (χ0v) is 14.2. The second-order valence-electron chi connectivity index (χ2n) is 6.76. The van der Waals surface area contributed by atoms with Gasteiger partial charge in [-0.3, -0.25) is 9.69 Å². The van der Waals surface area contributed by atoms with Gasteiger partial charge in [-0.2, -0.15) is 5.26 Å². The minimum absolute atomic E-state index is 0.0883. The molecule has 0 saturated carbocycles. The van der Waals surface area contributed by atoms with Gasteiger partial charge in [0, 0.05) is 32.2 Å². The first-order chi connectivity index (χ1) is 11.7. The van der Waals surface area contributed by atoms with E-state index in [-0.39, 0.29) is 18.2 Å². The lowest BCUT2D eigenvalue weighted by atomic mass is 9.95. The van der Waals surface area contributed by atoms with E-state index in [1.54, 1.807) is 0 Å². The lowest BCUT2D eigenvalue weighted by molar-refractivity contribution is -0.132. The van der Waals surface area contributed by atoms with Gasteiger partial charge in [0.25, 0.3) is 0 Å². The van der Waals surface area contributed by atoms with Crippen LogP contribution in [0.4, 0.5) is 0 Å². The van der Waals surface area contributed by atoms with Crippen LogP contribution in [0.5, 0.6) is 0 Å². The van der Waals surface area contributed by atoms with Gasteiger partial charge in [0.15, 0.2) is 0 Å². The van der Waals surface area contributed by atoms with Gasteiger partial charge < -0.3 is 9.64 Å². The Morgan fingerprint density at radius 3 is 2.67 bits per heavy atom. The van der Waals surface area contributed by atoms with Crippen LogP contribution in [0, 0.1) is 17.2 Å². The normalized spacial score (nSPS) is 26.1. The van der Waals surface area contributed by atoms with Crippen molar-refractivity contribution in [2.24, 2.45) is 5.92 Å². The number of likely N-dealkylation sites (tertiary alicyclic amines) is 1. The highest BCUT2D eigenvalue weighted by molar-refractivity contribution is 5.84. The average Bonchev–Trinajstić information content (AvgIpc) is 3.02. The minimum atomic E-state index is -0.355. The van der Waals surface area contributed by atoms with Crippen molar-refractivity contribution in [3.8, 4) is 6.07 Å². The number of rotatable bonds is 4. The van der Waals surface area contributed by atoms with E-state index in [1.165, 1.54) is 0 Å². The van der Waals surface area contributed by atoms with Crippen molar-refractivity contribution in [3.63, 3.8) is 0 Å². The summed E-state index contributed by atoms with van der Waals surface area (Å²) in [7, 11) is 0. The van der Waals surface area contributed by atoms with Gasteiger partial charge in [0.2, 0.25) is 5.91 Å². The molecule has 3 rings (SSSR count). The third-order valence-electron chi connectivity index (χ3n) is 5.19. The van der Waals surface area contributed by atoms with Gasteiger partial charge in [-0.05, 0) is 11.5 Å². The van der Waals surface area contributed by atoms with Crippen LogP contribution in [0.25, 0.3) is 0 Å². The molecule has 0 aromatic heterocycles. The minimum Gasteiger partial charge on any atom is -0.379 e. The van der Waals surface area contributed by atoms with Gasteiger partial charge in [-0.1, -0.05) is 37.3 Å². The standard InChI is InChI=1S/C19H25N3O2/c1-15-13-22(14-18(15)21-9-11-24-12-10-21)19(23)17(7-8-20)16-5-3-2-4-6-16/h2-6,15,17-18H,7,9-14H2,1H3/t15-,17+,18-/m1/s1. The van der Waals surface area contributed by atoms with Crippen molar-refractivity contribution in [3.05, 3.63) is 35.9 Å². The third kappa shape index (κ3) is 3.61. The van der Waals surface area contributed by atoms with Crippen LogP contribution >= 0.6 is 0 Å². The average molecular weight is 327 g/mol. The molecular formula is C19H25N3O2. The Morgan fingerprint density at radius 2 is 2.00 bits per heavy atom. The summed E-state index contributed by atoms with van der Waals surface area (Å²) >= 11 is 0. The summed E-state index contributed by atoms with van der Waals surface area (Å²) < 4.78 is 5.44. The van der Waals surface area contributed by atoms with Crippen molar-refractivity contribution in [1.29, 1.82) is 5.26 Å². The van der Waals surface area contributed by atoms with E-state index in [0.29, 0.717) is 12.0 Å². The van der Waals surface area contributed by atoms with Crippen LogP contribution in [-0.2, 0) is 9.53 Å². The molecule has 1 aromatic carbocycles. The van der Waals surface area contributed by atoms with Crippen LogP contribution in [0.1, 0.15) is 24.8 Å². The molecule has 0 unspecified atom stereocenters.